The lowest BCUT2D eigenvalue weighted by atomic mass is 10.2. The Morgan fingerprint density at radius 3 is 2.71 bits per heavy atom. The summed E-state index contributed by atoms with van der Waals surface area (Å²) in [7, 11) is -0.996. The average Bonchev–Trinajstić information content (AvgIpc) is 2.50. The quantitative estimate of drug-likeness (QED) is 0.851. The molecule has 2 N–H and O–H groups in total. The van der Waals surface area contributed by atoms with Gasteiger partial charge in [0.05, 0.1) is 18.1 Å². The molecule has 0 bridgehead atoms. The second-order valence-corrected chi connectivity index (χ2v) is 6.56. The van der Waals surface area contributed by atoms with Crippen LogP contribution in [-0.4, -0.2) is 16.6 Å². The minimum absolute atomic E-state index is 0.408. The Hall–Kier alpha value is -1.36. The van der Waals surface area contributed by atoms with Crippen molar-refractivity contribution in [1.82, 2.24) is 0 Å². The molecule has 2 aromatic rings. The number of nitrogens with two attached hydrogens (primary N) is 1. The van der Waals surface area contributed by atoms with Crippen molar-refractivity contribution in [3.05, 3.63) is 64.7 Å². The maximum absolute atomic E-state index is 12.0. The number of benzene rings is 2. The van der Waals surface area contributed by atoms with Crippen LogP contribution in [0.25, 0.3) is 0 Å². The highest BCUT2D eigenvalue weighted by atomic mass is 35.5. The summed E-state index contributed by atoms with van der Waals surface area (Å²) in [5.41, 5.74) is 7.50. The van der Waals surface area contributed by atoms with E-state index in [1.807, 2.05) is 48.5 Å². The molecule has 0 fully saturated rings. The highest BCUT2D eigenvalue weighted by Crippen LogP contribution is 2.17. The van der Waals surface area contributed by atoms with E-state index in [0.29, 0.717) is 29.7 Å². The van der Waals surface area contributed by atoms with Gasteiger partial charge >= 0.3 is 0 Å². The summed E-state index contributed by atoms with van der Waals surface area (Å²) in [6, 6.07) is 15.1. The number of rotatable bonds is 7. The van der Waals surface area contributed by atoms with Gasteiger partial charge in [0.25, 0.3) is 0 Å². The third-order valence-corrected chi connectivity index (χ3v) is 4.61. The van der Waals surface area contributed by atoms with Gasteiger partial charge in [-0.2, -0.15) is 0 Å². The monoisotopic (exact) mass is 323 g/mol. The van der Waals surface area contributed by atoms with Crippen LogP contribution in [0, 0.1) is 0 Å². The SMILES string of the molecule is NCc1cccc(OCCS(=O)Cc2ccccc2Cl)c1. The molecule has 2 aromatic carbocycles. The van der Waals surface area contributed by atoms with Gasteiger partial charge in [-0.1, -0.05) is 41.9 Å². The van der Waals surface area contributed by atoms with Gasteiger partial charge in [0.15, 0.2) is 0 Å². The van der Waals surface area contributed by atoms with Crippen molar-refractivity contribution >= 4 is 22.4 Å². The Bertz CT molecular complexity index is 619. The Morgan fingerprint density at radius 1 is 1.14 bits per heavy atom. The van der Waals surface area contributed by atoms with E-state index in [0.717, 1.165) is 16.9 Å². The summed E-state index contributed by atoms with van der Waals surface area (Å²) < 4.78 is 17.6. The molecule has 0 aliphatic heterocycles. The van der Waals surface area contributed by atoms with Crippen molar-refractivity contribution in [1.29, 1.82) is 0 Å². The van der Waals surface area contributed by atoms with Gasteiger partial charge in [-0.05, 0) is 29.3 Å². The maximum atomic E-state index is 12.0. The van der Waals surface area contributed by atoms with Crippen LogP contribution < -0.4 is 10.5 Å². The topological polar surface area (TPSA) is 52.3 Å². The Kier molecular flexibility index (Phi) is 6.23. The van der Waals surface area contributed by atoms with Crippen LogP contribution in [0.3, 0.4) is 0 Å². The molecule has 3 nitrogen and oxygen atoms in total. The molecule has 0 aliphatic rings. The van der Waals surface area contributed by atoms with Gasteiger partial charge in [0.2, 0.25) is 0 Å². The Morgan fingerprint density at radius 2 is 1.95 bits per heavy atom. The fourth-order valence-electron chi connectivity index (χ4n) is 1.88. The fourth-order valence-corrected chi connectivity index (χ4v) is 3.17. The molecule has 0 heterocycles. The normalized spacial score (nSPS) is 12.1. The van der Waals surface area contributed by atoms with E-state index in [4.69, 9.17) is 22.1 Å². The van der Waals surface area contributed by atoms with E-state index in [9.17, 15) is 4.21 Å². The van der Waals surface area contributed by atoms with E-state index in [-0.39, 0.29) is 0 Å². The lowest BCUT2D eigenvalue weighted by molar-refractivity contribution is 0.342. The van der Waals surface area contributed by atoms with Crippen LogP contribution in [-0.2, 0) is 23.1 Å². The van der Waals surface area contributed by atoms with Gasteiger partial charge in [-0.15, -0.1) is 0 Å². The molecule has 5 heteroatoms. The summed E-state index contributed by atoms with van der Waals surface area (Å²) >= 11 is 6.05. The predicted molar refractivity (Wildman–Crippen MR) is 88.0 cm³/mol. The maximum Gasteiger partial charge on any atom is 0.119 e. The zero-order chi connectivity index (χ0) is 15.1. The first kappa shape index (κ1) is 16.0. The molecule has 0 aliphatic carbocycles. The van der Waals surface area contributed by atoms with Gasteiger partial charge in [0.1, 0.15) is 5.75 Å². The molecule has 1 unspecified atom stereocenters. The molecule has 112 valence electrons. The van der Waals surface area contributed by atoms with Crippen LogP contribution in [0.15, 0.2) is 48.5 Å². The van der Waals surface area contributed by atoms with E-state index in [2.05, 4.69) is 0 Å². The zero-order valence-electron chi connectivity index (χ0n) is 11.6. The lowest BCUT2D eigenvalue weighted by Gasteiger charge is -2.08. The first-order valence-electron chi connectivity index (χ1n) is 6.69. The van der Waals surface area contributed by atoms with Crippen molar-refractivity contribution in [3.8, 4) is 5.75 Å². The fraction of sp³-hybridized carbons (Fsp3) is 0.250. The third-order valence-electron chi connectivity index (χ3n) is 2.99. The summed E-state index contributed by atoms with van der Waals surface area (Å²) in [4.78, 5) is 0. The van der Waals surface area contributed by atoms with Gasteiger partial charge in [-0.25, -0.2) is 0 Å². The highest BCUT2D eigenvalue weighted by Gasteiger charge is 2.06. The van der Waals surface area contributed by atoms with Crippen LogP contribution in [0.1, 0.15) is 11.1 Å². The molecule has 21 heavy (non-hydrogen) atoms. The third kappa shape index (κ3) is 5.16. The zero-order valence-corrected chi connectivity index (χ0v) is 13.2. The second-order valence-electron chi connectivity index (χ2n) is 4.58. The average molecular weight is 324 g/mol. The first-order chi connectivity index (χ1) is 10.2. The van der Waals surface area contributed by atoms with Crippen molar-refractivity contribution in [2.24, 2.45) is 5.73 Å². The van der Waals surface area contributed by atoms with Crippen molar-refractivity contribution < 1.29 is 8.95 Å². The molecule has 0 saturated carbocycles. The van der Waals surface area contributed by atoms with Crippen LogP contribution in [0.5, 0.6) is 5.75 Å². The number of hydrogen-bond acceptors (Lipinski definition) is 3. The number of halogens is 1. The van der Waals surface area contributed by atoms with Crippen LogP contribution >= 0.6 is 11.6 Å². The summed E-state index contributed by atoms with van der Waals surface area (Å²) in [6.45, 7) is 0.890. The smallest absolute Gasteiger partial charge is 0.119 e. The summed E-state index contributed by atoms with van der Waals surface area (Å²) in [5.74, 6) is 1.68. The summed E-state index contributed by atoms with van der Waals surface area (Å²) in [5, 5.41) is 0.655. The Labute approximate surface area is 132 Å². The Balaban J connectivity index is 1.80. The van der Waals surface area contributed by atoms with E-state index in [1.54, 1.807) is 0 Å². The van der Waals surface area contributed by atoms with Gasteiger partial charge in [0, 0.05) is 22.4 Å². The van der Waals surface area contributed by atoms with Crippen molar-refractivity contribution in [2.45, 2.75) is 12.3 Å². The van der Waals surface area contributed by atoms with E-state index >= 15 is 0 Å². The molecule has 0 aromatic heterocycles. The van der Waals surface area contributed by atoms with Crippen LogP contribution in [0.2, 0.25) is 5.02 Å². The first-order valence-corrected chi connectivity index (χ1v) is 8.56. The second kappa shape index (κ2) is 8.17. The standard InChI is InChI=1S/C16H18ClNO2S/c17-16-7-2-1-5-14(16)12-21(19)9-8-20-15-6-3-4-13(10-15)11-18/h1-7,10H,8-9,11-12,18H2. The van der Waals surface area contributed by atoms with Crippen LogP contribution in [0.4, 0.5) is 0 Å². The van der Waals surface area contributed by atoms with E-state index < -0.39 is 10.8 Å². The molecular weight excluding hydrogens is 306 g/mol. The predicted octanol–water partition coefficient (Wildman–Crippen LogP) is 3.13. The molecule has 0 spiro atoms. The lowest BCUT2D eigenvalue weighted by Crippen LogP contribution is -2.10. The number of hydrogen-bond donors (Lipinski definition) is 1. The number of ether oxygens (including phenoxy) is 1. The molecule has 1 atom stereocenters. The molecule has 0 saturated heterocycles. The molecule has 2 rings (SSSR count). The van der Waals surface area contributed by atoms with Gasteiger partial charge in [-0.3, -0.25) is 4.21 Å². The summed E-state index contributed by atoms with van der Waals surface area (Å²) in [6.07, 6.45) is 0. The molecule has 0 radical (unpaired) electrons. The van der Waals surface area contributed by atoms with Gasteiger partial charge < -0.3 is 10.5 Å². The van der Waals surface area contributed by atoms with Crippen molar-refractivity contribution in [3.63, 3.8) is 0 Å². The molecular formula is C16H18ClNO2S. The highest BCUT2D eigenvalue weighted by molar-refractivity contribution is 7.84. The minimum Gasteiger partial charge on any atom is -0.493 e. The molecule has 0 amide bonds. The largest absolute Gasteiger partial charge is 0.493 e. The minimum atomic E-state index is -0.996. The van der Waals surface area contributed by atoms with E-state index in [1.165, 1.54) is 0 Å². The van der Waals surface area contributed by atoms with Crippen molar-refractivity contribution in [2.75, 3.05) is 12.4 Å².